The molecule has 0 saturated heterocycles. The fraction of sp³-hybridized carbons (Fsp3) is 0.833. The van der Waals surface area contributed by atoms with Gasteiger partial charge in [0.15, 0.2) is 0 Å². The van der Waals surface area contributed by atoms with Gasteiger partial charge in [-0.05, 0) is 6.42 Å². The highest BCUT2D eigenvalue weighted by Crippen LogP contribution is 1.95. The number of hydrogen-bond acceptors (Lipinski definition) is 1. The molecular weight excluding hydrogens is 184 g/mol. The second-order valence-corrected chi connectivity index (χ2v) is 2.29. The van der Waals surface area contributed by atoms with Crippen molar-refractivity contribution in [2.45, 2.75) is 26.2 Å². The molecule has 0 aliphatic heterocycles. The van der Waals surface area contributed by atoms with Gasteiger partial charge in [0.05, 0.1) is 0 Å². The maximum absolute atomic E-state index is 8.36. The van der Waals surface area contributed by atoms with Crippen LogP contribution in [0.2, 0.25) is 0 Å². The van der Waals surface area contributed by atoms with Crippen LogP contribution in [0.1, 0.15) is 26.2 Å². The average molecular weight is 197 g/mol. The summed E-state index contributed by atoms with van der Waals surface area (Å²) in [6.45, 7) is 1.96. The van der Waals surface area contributed by atoms with E-state index >= 15 is 0 Å². The lowest BCUT2D eigenvalue weighted by Gasteiger charge is -1.85. The van der Waals surface area contributed by atoms with Crippen LogP contribution >= 0.6 is 15.9 Å². The number of hydrogen-bond donors (Lipinski definition) is 1. The van der Waals surface area contributed by atoms with Crippen molar-refractivity contribution in [1.29, 1.82) is 0 Å². The van der Waals surface area contributed by atoms with Crippen LogP contribution in [-0.2, 0) is 4.79 Å². The average Bonchev–Trinajstić information content (AvgIpc) is 1.86. The molecule has 0 aromatic carbocycles. The van der Waals surface area contributed by atoms with Gasteiger partial charge >= 0.3 is 0 Å². The molecule has 0 fully saturated rings. The quantitative estimate of drug-likeness (QED) is 0.428. The minimum Gasteiger partial charge on any atom is -0.483 e. The van der Waals surface area contributed by atoms with E-state index in [0.717, 1.165) is 0 Å². The van der Waals surface area contributed by atoms with Crippen molar-refractivity contribution in [2.24, 2.45) is 0 Å². The molecule has 0 aliphatic rings. The van der Waals surface area contributed by atoms with Gasteiger partial charge in [-0.3, -0.25) is 4.79 Å². The highest BCUT2D eigenvalue weighted by molar-refractivity contribution is 9.09. The minimum absolute atomic E-state index is 0.250. The van der Waals surface area contributed by atoms with Crippen LogP contribution in [0, 0.1) is 0 Å². The number of rotatable bonds is 3. The van der Waals surface area contributed by atoms with Crippen molar-refractivity contribution < 1.29 is 9.90 Å². The standard InChI is InChI=1S/C5H11Br.CH2O2/c1-2-3-4-5-6;2-1-3/h2-5H2,1H3;1H,(H,2,3). The van der Waals surface area contributed by atoms with Gasteiger partial charge in [-0.2, -0.15) is 0 Å². The molecule has 9 heavy (non-hydrogen) atoms. The van der Waals surface area contributed by atoms with Crippen molar-refractivity contribution in [3.63, 3.8) is 0 Å². The van der Waals surface area contributed by atoms with Crippen molar-refractivity contribution in [1.82, 2.24) is 0 Å². The first-order chi connectivity index (χ1) is 4.33. The van der Waals surface area contributed by atoms with E-state index in [1.807, 2.05) is 0 Å². The number of alkyl halides is 1. The summed E-state index contributed by atoms with van der Waals surface area (Å²) < 4.78 is 0. The Balaban J connectivity index is 0. The molecule has 0 amide bonds. The van der Waals surface area contributed by atoms with E-state index in [-0.39, 0.29) is 6.47 Å². The molecule has 1 N–H and O–H groups in total. The first-order valence-corrected chi connectivity index (χ1v) is 4.09. The topological polar surface area (TPSA) is 37.3 Å². The largest absolute Gasteiger partial charge is 0.483 e. The molecule has 0 aromatic rings. The first kappa shape index (κ1) is 11.7. The Labute approximate surface area is 64.4 Å². The SMILES string of the molecule is CCCCCBr.O=CO. The van der Waals surface area contributed by atoms with Gasteiger partial charge in [0.2, 0.25) is 0 Å². The van der Waals surface area contributed by atoms with Crippen LogP contribution in [0.5, 0.6) is 0 Å². The van der Waals surface area contributed by atoms with E-state index in [0.29, 0.717) is 0 Å². The second-order valence-electron chi connectivity index (χ2n) is 1.50. The smallest absolute Gasteiger partial charge is 0.290 e. The van der Waals surface area contributed by atoms with Crippen LogP contribution in [-0.4, -0.2) is 16.9 Å². The summed E-state index contributed by atoms with van der Waals surface area (Å²) in [5, 5.41) is 8.06. The van der Waals surface area contributed by atoms with Crippen LogP contribution in [0.15, 0.2) is 0 Å². The number of carbonyl (C=O) groups is 1. The maximum atomic E-state index is 8.36. The van der Waals surface area contributed by atoms with Gasteiger partial charge in [-0.25, -0.2) is 0 Å². The van der Waals surface area contributed by atoms with Gasteiger partial charge in [0, 0.05) is 5.33 Å². The highest BCUT2D eigenvalue weighted by atomic mass is 79.9. The summed E-state index contributed by atoms with van der Waals surface area (Å²) >= 11 is 3.35. The first-order valence-electron chi connectivity index (χ1n) is 2.97. The predicted octanol–water partition coefficient (Wildman–Crippen LogP) is 2.27. The van der Waals surface area contributed by atoms with Crippen molar-refractivity contribution >= 4 is 22.4 Å². The summed E-state index contributed by atoms with van der Waals surface area (Å²) in [5.41, 5.74) is 0. The Morgan fingerprint density at radius 3 is 2.11 bits per heavy atom. The van der Waals surface area contributed by atoms with Crippen molar-refractivity contribution in [2.75, 3.05) is 5.33 Å². The van der Waals surface area contributed by atoms with E-state index in [1.165, 1.54) is 24.6 Å². The minimum atomic E-state index is -0.250. The zero-order chi connectivity index (χ0) is 7.54. The van der Waals surface area contributed by atoms with Crippen LogP contribution in [0.4, 0.5) is 0 Å². The highest BCUT2D eigenvalue weighted by Gasteiger charge is 1.76. The number of halogens is 1. The third kappa shape index (κ3) is 32.3. The molecule has 0 atom stereocenters. The number of carboxylic acid groups (broad SMARTS) is 1. The monoisotopic (exact) mass is 196 g/mol. The van der Waals surface area contributed by atoms with Gasteiger partial charge < -0.3 is 5.11 Å². The lowest BCUT2D eigenvalue weighted by atomic mass is 10.3. The van der Waals surface area contributed by atoms with Gasteiger partial charge in [0.25, 0.3) is 6.47 Å². The Kier molecular flexibility index (Phi) is 20.4. The van der Waals surface area contributed by atoms with Gasteiger partial charge in [0.1, 0.15) is 0 Å². The molecule has 0 saturated carbocycles. The van der Waals surface area contributed by atoms with Crippen LogP contribution < -0.4 is 0 Å². The molecule has 56 valence electrons. The zero-order valence-corrected chi connectivity index (χ0v) is 7.23. The van der Waals surface area contributed by atoms with E-state index in [1.54, 1.807) is 0 Å². The molecule has 0 rings (SSSR count). The Morgan fingerprint density at radius 1 is 1.56 bits per heavy atom. The second kappa shape index (κ2) is 15.7. The summed E-state index contributed by atoms with van der Waals surface area (Å²) in [6, 6.07) is 0. The van der Waals surface area contributed by atoms with E-state index in [9.17, 15) is 0 Å². The Bertz CT molecular complexity index is 44.3. The van der Waals surface area contributed by atoms with E-state index < -0.39 is 0 Å². The fourth-order valence-electron chi connectivity index (χ4n) is 0.344. The Morgan fingerprint density at radius 2 is 2.00 bits per heavy atom. The lowest BCUT2D eigenvalue weighted by molar-refractivity contribution is -0.122. The normalized spacial score (nSPS) is 7.33. The molecule has 0 unspecified atom stereocenters. The number of unbranched alkanes of at least 4 members (excludes halogenated alkanes) is 2. The summed E-state index contributed by atoms with van der Waals surface area (Å²) in [6.07, 6.45) is 4.02. The fourth-order valence-corrected chi connectivity index (χ4v) is 0.741. The van der Waals surface area contributed by atoms with E-state index in [4.69, 9.17) is 9.90 Å². The Hall–Kier alpha value is -0.0500. The lowest BCUT2D eigenvalue weighted by Crippen LogP contribution is -1.70. The molecule has 0 aliphatic carbocycles. The molecule has 0 bridgehead atoms. The molecule has 3 heteroatoms. The predicted molar refractivity (Wildman–Crippen MR) is 42.0 cm³/mol. The maximum Gasteiger partial charge on any atom is 0.290 e. The van der Waals surface area contributed by atoms with E-state index in [2.05, 4.69) is 22.9 Å². The van der Waals surface area contributed by atoms with Crippen molar-refractivity contribution in [3.8, 4) is 0 Å². The van der Waals surface area contributed by atoms with Crippen molar-refractivity contribution in [3.05, 3.63) is 0 Å². The summed E-state index contributed by atoms with van der Waals surface area (Å²) in [4.78, 5) is 8.36. The zero-order valence-electron chi connectivity index (χ0n) is 5.64. The van der Waals surface area contributed by atoms with Gasteiger partial charge in [-0.1, -0.05) is 35.7 Å². The third-order valence-corrected chi connectivity index (χ3v) is 1.30. The molecule has 0 radical (unpaired) electrons. The molecule has 0 heterocycles. The molecule has 2 nitrogen and oxygen atoms in total. The summed E-state index contributed by atoms with van der Waals surface area (Å²) in [5.74, 6) is 0. The van der Waals surface area contributed by atoms with Crippen LogP contribution in [0.25, 0.3) is 0 Å². The summed E-state index contributed by atoms with van der Waals surface area (Å²) in [7, 11) is 0. The van der Waals surface area contributed by atoms with Crippen LogP contribution in [0.3, 0.4) is 0 Å². The third-order valence-electron chi connectivity index (χ3n) is 0.737. The molecule has 0 aromatic heterocycles. The molecular formula is C6H13BrO2. The van der Waals surface area contributed by atoms with Gasteiger partial charge in [-0.15, -0.1) is 0 Å². The molecule has 0 spiro atoms.